The van der Waals surface area contributed by atoms with Crippen molar-refractivity contribution in [3.8, 4) is 0 Å². The SMILES string of the molecule is CCCNc1ncc(CN2C[C@H]3C[C@H](O)[C@@H](O)C[C@H]3C2)cn1. The maximum atomic E-state index is 9.81. The van der Waals surface area contributed by atoms with E-state index in [1.165, 1.54) is 0 Å². The van der Waals surface area contributed by atoms with E-state index in [0.717, 1.165) is 51.0 Å². The van der Waals surface area contributed by atoms with Crippen LogP contribution in [0.1, 0.15) is 31.7 Å². The molecule has 0 bridgehead atoms. The lowest BCUT2D eigenvalue weighted by molar-refractivity contribution is -0.0372. The average Bonchev–Trinajstić information content (AvgIpc) is 2.88. The molecular weight excluding hydrogens is 280 g/mol. The first kappa shape index (κ1) is 15.6. The second-order valence-corrected chi connectivity index (χ2v) is 6.66. The molecule has 3 rings (SSSR count). The highest BCUT2D eigenvalue weighted by molar-refractivity contribution is 5.24. The number of aromatic nitrogens is 2. The second kappa shape index (κ2) is 6.89. The normalized spacial score (nSPS) is 32.0. The van der Waals surface area contributed by atoms with Crippen molar-refractivity contribution in [2.75, 3.05) is 25.0 Å². The number of likely N-dealkylation sites (tertiary alicyclic amines) is 1. The number of anilines is 1. The molecule has 1 saturated heterocycles. The third kappa shape index (κ3) is 3.56. The van der Waals surface area contributed by atoms with Gasteiger partial charge >= 0.3 is 0 Å². The highest BCUT2D eigenvalue weighted by atomic mass is 16.3. The largest absolute Gasteiger partial charge is 0.390 e. The number of nitrogens with zero attached hydrogens (tertiary/aromatic N) is 3. The van der Waals surface area contributed by atoms with Gasteiger partial charge in [-0.3, -0.25) is 4.90 Å². The predicted molar refractivity (Wildman–Crippen MR) is 84.3 cm³/mol. The molecule has 6 nitrogen and oxygen atoms in total. The first-order valence-corrected chi connectivity index (χ1v) is 8.29. The van der Waals surface area contributed by atoms with Crippen LogP contribution in [0.15, 0.2) is 12.4 Å². The monoisotopic (exact) mass is 306 g/mol. The highest BCUT2D eigenvalue weighted by Crippen LogP contribution is 2.36. The van der Waals surface area contributed by atoms with Gasteiger partial charge in [0, 0.05) is 44.1 Å². The van der Waals surface area contributed by atoms with E-state index in [-0.39, 0.29) is 0 Å². The van der Waals surface area contributed by atoms with Crippen molar-refractivity contribution in [1.82, 2.24) is 14.9 Å². The number of fused-ring (bicyclic) bond motifs is 1. The van der Waals surface area contributed by atoms with Gasteiger partial charge < -0.3 is 15.5 Å². The molecule has 0 unspecified atom stereocenters. The topological polar surface area (TPSA) is 81.5 Å². The Bertz CT molecular complexity index is 464. The van der Waals surface area contributed by atoms with Gasteiger partial charge in [-0.2, -0.15) is 0 Å². The lowest BCUT2D eigenvalue weighted by atomic mass is 9.79. The lowest BCUT2D eigenvalue weighted by Gasteiger charge is -2.32. The van der Waals surface area contributed by atoms with E-state index in [9.17, 15) is 10.2 Å². The molecule has 1 aliphatic heterocycles. The number of aliphatic hydroxyl groups excluding tert-OH is 2. The van der Waals surface area contributed by atoms with Gasteiger partial charge in [0.2, 0.25) is 5.95 Å². The summed E-state index contributed by atoms with van der Waals surface area (Å²) in [6.45, 7) is 5.82. The molecule has 1 saturated carbocycles. The maximum absolute atomic E-state index is 9.81. The standard InChI is InChI=1S/C16H26N4O2/c1-2-3-17-16-18-6-11(7-19-16)8-20-9-12-4-14(21)15(22)5-13(12)10-20/h6-7,12-15,21-22H,2-5,8-10H2,1H3,(H,17,18,19)/t12-,13+,14-,15-/m0/s1. The molecule has 1 aromatic rings. The maximum Gasteiger partial charge on any atom is 0.222 e. The van der Waals surface area contributed by atoms with Crippen molar-refractivity contribution in [2.45, 2.75) is 44.9 Å². The smallest absolute Gasteiger partial charge is 0.222 e. The van der Waals surface area contributed by atoms with Gasteiger partial charge in [0.05, 0.1) is 12.2 Å². The Morgan fingerprint density at radius 3 is 2.27 bits per heavy atom. The Hall–Kier alpha value is -1.24. The zero-order valence-electron chi connectivity index (χ0n) is 13.1. The zero-order chi connectivity index (χ0) is 15.5. The van der Waals surface area contributed by atoms with Gasteiger partial charge in [-0.1, -0.05) is 6.92 Å². The fraction of sp³-hybridized carbons (Fsp3) is 0.750. The lowest BCUT2D eigenvalue weighted by Crippen LogP contribution is -2.38. The summed E-state index contributed by atoms with van der Waals surface area (Å²) >= 11 is 0. The van der Waals surface area contributed by atoms with E-state index in [4.69, 9.17) is 0 Å². The van der Waals surface area contributed by atoms with E-state index in [1.54, 1.807) is 0 Å². The summed E-state index contributed by atoms with van der Waals surface area (Å²) < 4.78 is 0. The molecular formula is C16H26N4O2. The van der Waals surface area contributed by atoms with Crippen molar-refractivity contribution in [2.24, 2.45) is 11.8 Å². The van der Waals surface area contributed by atoms with Gasteiger partial charge in [0.1, 0.15) is 0 Å². The summed E-state index contributed by atoms with van der Waals surface area (Å²) in [5.74, 6) is 1.70. The molecule has 3 N–H and O–H groups in total. The summed E-state index contributed by atoms with van der Waals surface area (Å²) in [5.41, 5.74) is 1.11. The molecule has 2 aliphatic rings. The third-order valence-electron chi connectivity index (χ3n) is 4.83. The number of hydrogen-bond donors (Lipinski definition) is 3. The number of rotatable bonds is 5. The number of hydrogen-bond acceptors (Lipinski definition) is 6. The molecule has 1 aromatic heterocycles. The fourth-order valence-electron chi connectivity index (χ4n) is 3.66. The van der Waals surface area contributed by atoms with Crippen LogP contribution >= 0.6 is 0 Å². The molecule has 122 valence electrons. The Morgan fingerprint density at radius 1 is 1.14 bits per heavy atom. The van der Waals surface area contributed by atoms with E-state index in [2.05, 4.69) is 27.1 Å². The predicted octanol–water partition coefficient (Wildman–Crippen LogP) is 0.862. The molecule has 0 aromatic carbocycles. The summed E-state index contributed by atoms with van der Waals surface area (Å²) in [6.07, 6.45) is 5.17. The van der Waals surface area contributed by atoms with Crippen LogP contribution in [0.25, 0.3) is 0 Å². The number of nitrogens with one attached hydrogen (secondary N) is 1. The fourth-order valence-corrected chi connectivity index (χ4v) is 3.66. The summed E-state index contributed by atoms with van der Waals surface area (Å²) in [5, 5.41) is 22.8. The van der Waals surface area contributed by atoms with Crippen molar-refractivity contribution in [1.29, 1.82) is 0 Å². The molecule has 4 atom stereocenters. The van der Waals surface area contributed by atoms with Crippen LogP contribution in [0.3, 0.4) is 0 Å². The summed E-state index contributed by atoms with van der Waals surface area (Å²) in [7, 11) is 0. The quantitative estimate of drug-likeness (QED) is 0.749. The van der Waals surface area contributed by atoms with Crippen LogP contribution in [0.4, 0.5) is 5.95 Å². The van der Waals surface area contributed by atoms with Crippen molar-refractivity contribution >= 4 is 5.95 Å². The first-order chi connectivity index (χ1) is 10.7. The molecule has 0 spiro atoms. The third-order valence-corrected chi connectivity index (χ3v) is 4.83. The van der Waals surface area contributed by atoms with Crippen LogP contribution in [-0.4, -0.2) is 56.9 Å². The van der Waals surface area contributed by atoms with Crippen LogP contribution in [-0.2, 0) is 6.54 Å². The molecule has 2 heterocycles. The molecule has 0 radical (unpaired) electrons. The van der Waals surface area contributed by atoms with Gasteiger partial charge in [0.25, 0.3) is 0 Å². The Labute approximate surface area is 131 Å². The van der Waals surface area contributed by atoms with Gasteiger partial charge in [-0.15, -0.1) is 0 Å². The number of aliphatic hydroxyl groups is 2. The first-order valence-electron chi connectivity index (χ1n) is 8.29. The minimum absolute atomic E-state index is 0.504. The van der Waals surface area contributed by atoms with Crippen molar-refractivity contribution in [3.63, 3.8) is 0 Å². The van der Waals surface area contributed by atoms with Crippen LogP contribution < -0.4 is 5.32 Å². The van der Waals surface area contributed by atoms with Crippen LogP contribution in [0.2, 0.25) is 0 Å². The average molecular weight is 306 g/mol. The second-order valence-electron chi connectivity index (χ2n) is 6.66. The summed E-state index contributed by atoms with van der Waals surface area (Å²) in [4.78, 5) is 11.1. The Balaban J connectivity index is 1.54. The van der Waals surface area contributed by atoms with Gasteiger partial charge in [0.15, 0.2) is 0 Å². The van der Waals surface area contributed by atoms with E-state index >= 15 is 0 Å². The summed E-state index contributed by atoms with van der Waals surface area (Å²) in [6, 6.07) is 0. The van der Waals surface area contributed by atoms with E-state index in [0.29, 0.717) is 17.8 Å². The van der Waals surface area contributed by atoms with Crippen molar-refractivity contribution in [3.05, 3.63) is 18.0 Å². The highest BCUT2D eigenvalue weighted by Gasteiger charge is 2.40. The Kier molecular flexibility index (Phi) is 4.90. The van der Waals surface area contributed by atoms with Crippen molar-refractivity contribution < 1.29 is 10.2 Å². The van der Waals surface area contributed by atoms with Gasteiger partial charge in [-0.05, 0) is 31.1 Å². The minimum Gasteiger partial charge on any atom is -0.390 e. The molecule has 0 amide bonds. The van der Waals surface area contributed by atoms with Crippen LogP contribution in [0.5, 0.6) is 0 Å². The molecule has 1 aliphatic carbocycles. The minimum atomic E-state index is -0.548. The van der Waals surface area contributed by atoms with E-state index < -0.39 is 12.2 Å². The molecule has 2 fully saturated rings. The van der Waals surface area contributed by atoms with E-state index in [1.807, 2.05) is 12.4 Å². The Morgan fingerprint density at radius 2 is 1.73 bits per heavy atom. The zero-order valence-corrected chi connectivity index (χ0v) is 13.1. The van der Waals surface area contributed by atoms with Gasteiger partial charge in [-0.25, -0.2) is 9.97 Å². The van der Waals surface area contributed by atoms with Crippen LogP contribution in [0, 0.1) is 11.8 Å². The molecule has 22 heavy (non-hydrogen) atoms. The molecule has 6 heteroatoms.